The second-order valence-corrected chi connectivity index (χ2v) is 5.74. The van der Waals surface area contributed by atoms with Crippen molar-refractivity contribution in [2.24, 2.45) is 0 Å². The van der Waals surface area contributed by atoms with Gasteiger partial charge in [-0.15, -0.1) is 0 Å². The minimum Gasteiger partial charge on any atom is -0.493 e. The van der Waals surface area contributed by atoms with E-state index in [1.165, 1.54) is 7.11 Å². The summed E-state index contributed by atoms with van der Waals surface area (Å²) in [6.07, 6.45) is 1.05. The molecule has 20 heavy (non-hydrogen) atoms. The zero-order valence-electron chi connectivity index (χ0n) is 12.9. The molecule has 0 spiro atoms. The zero-order chi connectivity index (χ0) is 15.0. The van der Waals surface area contributed by atoms with Gasteiger partial charge in [0.2, 0.25) is 0 Å². The van der Waals surface area contributed by atoms with Gasteiger partial charge in [-0.2, -0.15) is 0 Å². The summed E-state index contributed by atoms with van der Waals surface area (Å²) in [5.74, 6) is 0.672. The summed E-state index contributed by atoms with van der Waals surface area (Å²) in [5.41, 5.74) is 1.19. The Balaban J connectivity index is 2.47. The molecule has 0 bridgehead atoms. The van der Waals surface area contributed by atoms with Crippen LogP contribution in [0, 0.1) is 0 Å². The third kappa shape index (κ3) is 6.57. The fraction of sp³-hybridized carbons (Fsp3) is 0.562. The standard InChI is InChI=1S/C16H25NO3/c1-16(2,3)17-12-13-8-5-6-9-14(13)20-11-7-10-15(18)19-4/h5-6,8-9,17H,7,10-12H2,1-4H3. The molecule has 4 heteroatoms. The summed E-state index contributed by atoms with van der Waals surface area (Å²) in [7, 11) is 1.40. The number of rotatable bonds is 7. The molecular weight excluding hydrogens is 254 g/mol. The van der Waals surface area contributed by atoms with Gasteiger partial charge in [0.1, 0.15) is 5.75 Å². The normalized spacial score (nSPS) is 11.2. The van der Waals surface area contributed by atoms with Gasteiger partial charge < -0.3 is 14.8 Å². The topological polar surface area (TPSA) is 47.6 Å². The van der Waals surface area contributed by atoms with E-state index in [1.807, 2.05) is 24.3 Å². The van der Waals surface area contributed by atoms with E-state index in [0.29, 0.717) is 19.4 Å². The quantitative estimate of drug-likeness (QED) is 0.616. The first kappa shape index (κ1) is 16.5. The lowest BCUT2D eigenvalue weighted by molar-refractivity contribution is -0.140. The molecule has 0 radical (unpaired) electrons. The predicted molar refractivity (Wildman–Crippen MR) is 79.8 cm³/mol. The molecule has 0 saturated heterocycles. The summed E-state index contributed by atoms with van der Waals surface area (Å²) in [5, 5.41) is 3.44. The predicted octanol–water partition coefficient (Wildman–Crippen LogP) is 2.91. The highest BCUT2D eigenvalue weighted by Crippen LogP contribution is 2.19. The Morgan fingerprint density at radius 3 is 2.60 bits per heavy atom. The average molecular weight is 279 g/mol. The van der Waals surface area contributed by atoms with Crippen molar-refractivity contribution in [2.75, 3.05) is 13.7 Å². The number of methoxy groups -OCH3 is 1. The molecule has 112 valence electrons. The third-order valence-electron chi connectivity index (χ3n) is 2.79. The Labute approximate surface area is 121 Å². The molecule has 0 amide bonds. The second kappa shape index (κ2) is 7.90. The Hall–Kier alpha value is -1.55. The van der Waals surface area contributed by atoms with Gasteiger partial charge in [-0.25, -0.2) is 0 Å². The van der Waals surface area contributed by atoms with Crippen molar-refractivity contribution in [1.29, 1.82) is 0 Å². The molecule has 1 N–H and O–H groups in total. The lowest BCUT2D eigenvalue weighted by Gasteiger charge is -2.21. The summed E-state index contributed by atoms with van der Waals surface area (Å²) in [6, 6.07) is 7.96. The molecule has 0 heterocycles. The van der Waals surface area contributed by atoms with E-state index in [4.69, 9.17) is 4.74 Å². The van der Waals surface area contributed by atoms with Crippen molar-refractivity contribution in [1.82, 2.24) is 5.32 Å². The molecule has 0 fully saturated rings. The largest absolute Gasteiger partial charge is 0.493 e. The highest BCUT2D eigenvalue weighted by atomic mass is 16.5. The molecule has 1 aromatic rings. The molecule has 0 atom stereocenters. The summed E-state index contributed by atoms with van der Waals surface area (Å²) in [4.78, 5) is 11.0. The first-order valence-corrected chi connectivity index (χ1v) is 6.95. The number of benzene rings is 1. The SMILES string of the molecule is COC(=O)CCCOc1ccccc1CNC(C)(C)C. The molecule has 0 aliphatic carbocycles. The van der Waals surface area contributed by atoms with E-state index in [2.05, 4.69) is 30.8 Å². The van der Waals surface area contributed by atoms with Gasteiger partial charge in [0.15, 0.2) is 0 Å². The molecular formula is C16H25NO3. The van der Waals surface area contributed by atoms with Crippen molar-refractivity contribution in [3.8, 4) is 5.75 Å². The van der Waals surface area contributed by atoms with E-state index in [9.17, 15) is 4.79 Å². The average Bonchev–Trinajstić information content (AvgIpc) is 2.41. The first-order chi connectivity index (χ1) is 9.42. The van der Waals surface area contributed by atoms with Gasteiger partial charge >= 0.3 is 5.97 Å². The van der Waals surface area contributed by atoms with Crippen molar-refractivity contribution in [3.05, 3.63) is 29.8 Å². The van der Waals surface area contributed by atoms with E-state index in [-0.39, 0.29) is 11.5 Å². The molecule has 0 aliphatic rings. The van der Waals surface area contributed by atoms with E-state index in [0.717, 1.165) is 17.9 Å². The maximum Gasteiger partial charge on any atom is 0.305 e. The molecule has 0 aliphatic heterocycles. The summed E-state index contributed by atoms with van der Waals surface area (Å²) >= 11 is 0. The van der Waals surface area contributed by atoms with Crippen LogP contribution in [-0.4, -0.2) is 25.2 Å². The van der Waals surface area contributed by atoms with Gasteiger partial charge in [0.05, 0.1) is 13.7 Å². The number of hydrogen-bond donors (Lipinski definition) is 1. The fourth-order valence-corrected chi connectivity index (χ4v) is 1.65. The van der Waals surface area contributed by atoms with Crippen LogP contribution in [-0.2, 0) is 16.1 Å². The van der Waals surface area contributed by atoms with Gasteiger partial charge in [-0.3, -0.25) is 4.79 Å². The zero-order valence-corrected chi connectivity index (χ0v) is 12.9. The maximum absolute atomic E-state index is 11.0. The van der Waals surface area contributed by atoms with Crippen LogP contribution in [0.5, 0.6) is 5.75 Å². The van der Waals surface area contributed by atoms with Crippen LogP contribution in [0.25, 0.3) is 0 Å². The summed E-state index contributed by atoms with van der Waals surface area (Å²) in [6.45, 7) is 7.67. The first-order valence-electron chi connectivity index (χ1n) is 6.95. The number of ether oxygens (including phenoxy) is 2. The summed E-state index contributed by atoms with van der Waals surface area (Å²) < 4.78 is 10.3. The van der Waals surface area contributed by atoms with Crippen LogP contribution in [0.2, 0.25) is 0 Å². The number of carbonyl (C=O) groups excluding carboxylic acids is 1. The Morgan fingerprint density at radius 2 is 1.95 bits per heavy atom. The van der Waals surface area contributed by atoms with Gasteiger partial charge in [0.25, 0.3) is 0 Å². The minimum atomic E-state index is -0.198. The lowest BCUT2D eigenvalue weighted by Crippen LogP contribution is -2.35. The molecule has 1 rings (SSSR count). The van der Waals surface area contributed by atoms with E-state index < -0.39 is 0 Å². The lowest BCUT2D eigenvalue weighted by atomic mass is 10.1. The van der Waals surface area contributed by atoms with Crippen molar-refractivity contribution in [3.63, 3.8) is 0 Å². The monoisotopic (exact) mass is 279 g/mol. The minimum absolute atomic E-state index is 0.0675. The van der Waals surface area contributed by atoms with Crippen LogP contribution in [0.3, 0.4) is 0 Å². The van der Waals surface area contributed by atoms with Gasteiger partial charge in [-0.1, -0.05) is 18.2 Å². The number of esters is 1. The van der Waals surface area contributed by atoms with Crippen LogP contribution in [0.1, 0.15) is 39.2 Å². The fourth-order valence-electron chi connectivity index (χ4n) is 1.65. The number of carbonyl (C=O) groups is 1. The number of hydrogen-bond acceptors (Lipinski definition) is 4. The highest BCUT2D eigenvalue weighted by molar-refractivity contribution is 5.69. The van der Waals surface area contributed by atoms with Crippen molar-refractivity contribution in [2.45, 2.75) is 45.7 Å². The Bertz CT molecular complexity index is 424. The molecule has 0 aromatic heterocycles. The van der Waals surface area contributed by atoms with Gasteiger partial charge in [-0.05, 0) is 33.3 Å². The van der Waals surface area contributed by atoms with Crippen molar-refractivity contribution >= 4 is 5.97 Å². The van der Waals surface area contributed by atoms with Crippen LogP contribution in [0.4, 0.5) is 0 Å². The molecule has 1 aromatic carbocycles. The van der Waals surface area contributed by atoms with E-state index in [1.54, 1.807) is 0 Å². The third-order valence-corrected chi connectivity index (χ3v) is 2.79. The Kier molecular flexibility index (Phi) is 6.52. The van der Waals surface area contributed by atoms with Crippen LogP contribution >= 0.6 is 0 Å². The molecule has 0 saturated carbocycles. The maximum atomic E-state index is 11.0. The van der Waals surface area contributed by atoms with Crippen LogP contribution in [0.15, 0.2) is 24.3 Å². The Morgan fingerprint density at radius 1 is 1.25 bits per heavy atom. The number of para-hydroxylation sites is 1. The second-order valence-electron chi connectivity index (χ2n) is 5.74. The molecule has 0 unspecified atom stereocenters. The van der Waals surface area contributed by atoms with E-state index >= 15 is 0 Å². The number of nitrogens with one attached hydrogen (secondary N) is 1. The molecule has 4 nitrogen and oxygen atoms in total. The van der Waals surface area contributed by atoms with Crippen molar-refractivity contribution < 1.29 is 14.3 Å². The van der Waals surface area contributed by atoms with Gasteiger partial charge in [0, 0.05) is 24.1 Å². The van der Waals surface area contributed by atoms with Crippen LogP contribution < -0.4 is 10.1 Å². The highest BCUT2D eigenvalue weighted by Gasteiger charge is 2.10. The smallest absolute Gasteiger partial charge is 0.305 e.